The highest BCUT2D eigenvalue weighted by atomic mass is 79.9. The Morgan fingerprint density at radius 2 is 1.73 bits per heavy atom. The second-order valence-corrected chi connectivity index (χ2v) is 6.09. The number of benzene rings is 1. The molecule has 6 heteroatoms. The summed E-state index contributed by atoms with van der Waals surface area (Å²) in [4.78, 5) is 1.42. The molecular weight excluding hydrogens is 362 g/mol. The molecule has 1 aliphatic heterocycles. The average molecular weight is 384 g/mol. The molecule has 22 heavy (non-hydrogen) atoms. The third-order valence-electron chi connectivity index (χ3n) is 3.79. The van der Waals surface area contributed by atoms with Crippen LogP contribution in [-0.4, -0.2) is 30.7 Å². The fraction of sp³-hybridized carbons (Fsp3) is 0.625. The lowest BCUT2D eigenvalue weighted by Gasteiger charge is -2.33. The molecule has 0 N–H and O–H groups in total. The molecule has 126 valence electrons. The van der Waals surface area contributed by atoms with Crippen molar-refractivity contribution in [1.82, 2.24) is 4.90 Å². The zero-order valence-electron chi connectivity index (χ0n) is 13.1. The summed E-state index contributed by atoms with van der Waals surface area (Å²) in [6.07, 6.45) is -2.90. The van der Waals surface area contributed by atoms with E-state index in [1.807, 2.05) is 13.8 Å². The van der Waals surface area contributed by atoms with E-state index in [1.54, 1.807) is 13.0 Å². The van der Waals surface area contributed by atoms with Crippen molar-refractivity contribution in [3.8, 4) is 0 Å². The molecule has 1 fully saturated rings. The molecule has 1 nitrogen and oxygen atoms in total. The van der Waals surface area contributed by atoms with Gasteiger partial charge in [0.15, 0.2) is 0 Å². The average Bonchev–Trinajstić information content (AvgIpc) is 2.46. The van der Waals surface area contributed by atoms with Crippen LogP contribution in [0.3, 0.4) is 0 Å². The highest BCUT2D eigenvalue weighted by Crippen LogP contribution is 2.36. The Bertz CT molecular complexity index is 480. The maximum absolute atomic E-state index is 13.6. The minimum atomic E-state index is -4.15. The maximum atomic E-state index is 13.6. The first-order chi connectivity index (χ1) is 10.3. The van der Waals surface area contributed by atoms with Crippen LogP contribution < -0.4 is 0 Å². The van der Waals surface area contributed by atoms with Gasteiger partial charge in [0.25, 0.3) is 0 Å². The second kappa shape index (κ2) is 8.29. The van der Waals surface area contributed by atoms with Gasteiger partial charge in [-0.3, -0.25) is 4.90 Å². The normalized spacial score (nSPS) is 17.1. The first-order valence-corrected chi connectivity index (χ1v) is 8.31. The Morgan fingerprint density at radius 3 is 2.23 bits per heavy atom. The van der Waals surface area contributed by atoms with Crippen LogP contribution in [0.1, 0.15) is 43.7 Å². The van der Waals surface area contributed by atoms with Gasteiger partial charge in [-0.25, -0.2) is 4.39 Å². The number of likely N-dealkylation sites (tertiary alicyclic amines) is 1. The summed E-state index contributed by atoms with van der Waals surface area (Å²) in [5.74, 6) is -0.148. The van der Waals surface area contributed by atoms with Crippen LogP contribution in [0.4, 0.5) is 17.6 Å². The molecule has 0 spiro atoms. The zero-order valence-corrected chi connectivity index (χ0v) is 14.7. The minimum absolute atomic E-state index is 0.115. The summed E-state index contributed by atoms with van der Waals surface area (Å²) in [6, 6.07) is 3.07. The highest BCUT2D eigenvalue weighted by Gasteiger charge is 2.33. The fourth-order valence-corrected chi connectivity index (χ4v) is 3.56. The number of hydrogen-bond acceptors (Lipinski definition) is 1. The van der Waals surface area contributed by atoms with E-state index in [-0.39, 0.29) is 11.7 Å². The first-order valence-electron chi connectivity index (χ1n) is 7.51. The molecule has 1 saturated heterocycles. The summed E-state index contributed by atoms with van der Waals surface area (Å²) in [6.45, 7) is 5.65. The van der Waals surface area contributed by atoms with Gasteiger partial charge >= 0.3 is 6.18 Å². The maximum Gasteiger partial charge on any atom is 0.401 e. The van der Waals surface area contributed by atoms with Crippen LogP contribution in [0.5, 0.6) is 0 Å². The molecule has 0 aliphatic carbocycles. The van der Waals surface area contributed by atoms with Crippen molar-refractivity contribution in [2.75, 3.05) is 19.6 Å². The van der Waals surface area contributed by atoms with Crippen molar-refractivity contribution in [1.29, 1.82) is 0 Å². The Kier molecular flexibility index (Phi) is 7.32. The summed E-state index contributed by atoms with van der Waals surface area (Å²) in [5, 5.41) is 0. The molecule has 0 aromatic heterocycles. The van der Waals surface area contributed by atoms with Gasteiger partial charge in [-0.2, -0.15) is 13.2 Å². The van der Waals surface area contributed by atoms with E-state index in [0.29, 0.717) is 31.5 Å². The molecule has 1 aliphatic rings. The number of rotatable bonds is 2. The SMILES string of the molecule is CC.Cc1c(F)ccc(Br)c1C1CCN(CC(F)(F)F)CC1. The molecule has 1 heterocycles. The minimum Gasteiger partial charge on any atom is -0.295 e. The molecule has 0 saturated carbocycles. The lowest BCUT2D eigenvalue weighted by molar-refractivity contribution is -0.147. The van der Waals surface area contributed by atoms with Gasteiger partial charge < -0.3 is 0 Å². The van der Waals surface area contributed by atoms with Crippen molar-refractivity contribution < 1.29 is 17.6 Å². The van der Waals surface area contributed by atoms with Gasteiger partial charge in [-0.15, -0.1) is 0 Å². The van der Waals surface area contributed by atoms with Crippen molar-refractivity contribution >= 4 is 15.9 Å². The lowest BCUT2D eigenvalue weighted by Crippen LogP contribution is -2.39. The van der Waals surface area contributed by atoms with Crippen LogP contribution in [0.15, 0.2) is 16.6 Å². The molecule has 1 aromatic carbocycles. The van der Waals surface area contributed by atoms with Crippen LogP contribution in [0.25, 0.3) is 0 Å². The molecule has 0 atom stereocenters. The van der Waals surface area contributed by atoms with E-state index in [9.17, 15) is 17.6 Å². The Morgan fingerprint density at radius 1 is 1.18 bits per heavy atom. The predicted octanol–water partition coefficient (Wildman–Crippen LogP) is 5.66. The monoisotopic (exact) mass is 383 g/mol. The van der Waals surface area contributed by atoms with Crippen molar-refractivity contribution in [2.24, 2.45) is 0 Å². The third-order valence-corrected chi connectivity index (χ3v) is 4.49. The second-order valence-electron chi connectivity index (χ2n) is 5.23. The van der Waals surface area contributed by atoms with E-state index in [4.69, 9.17) is 0 Å². The summed E-state index contributed by atoms with van der Waals surface area (Å²) < 4.78 is 51.5. The van der Waals surface area contributed by atoms with E-state index >= 15 is 0 Å². The first kappa shape index (κ1) is 19.4. The van der Waals surface area contributed by atoms with Crippen molar-refractivity contribution in [3.05, 3.63) is 33.5 Å². The van der Waals surface area contributed by atoms with Crippen LogP contribution in [0.2, 0.25) is 0 Å². The van der Waals surface area contributed by atoms with E-state index in [1.165, 1.54) is 11.0 Å². The smallest absolute Gasteiger partial charge is 0.295 e. The molecule has 2 rings (SSSR count). The van der Waals surface area contributed by atoms with Gasteiger partial charge in [0.05, 0.1) is 6.54 Å². The third kappa shape index (κ3) is 5.23. The molecule has 0 bridgehead atoms. The molecular formula is C16H22BrF4N. The van der Waals surface area contributed by atoms with Crippen molar-refractivity contribution in [3.63, 3.8) is 0 Å². The van der Waals surface area contributed by atoms with Gasteiger partial charge in [-0.1, -0.05) is 29.8 Å². The quantitative estimate of drug-likeness (QED) is 0.595. The van der Waals surface area contributed by atoms with E-state index < -0.39 is 12.7 Å². The Labute approximate surface area is 137 Å². The molecule has 1 aromatic rings. The van der Waals surface area contributed by atoms with Crippen LogP contribution >= 0.6 is 15.9 Å². The largest absolute Gasteiger partial charge is 0.401 e. The molecule has 0 amide bonds. The lowest BCUT2D eigenvalue weighted by atomic mass is 9.86. The zero-order chi connectivity index (χ0) is 16.9. The van der Waals surface area contributed by atoms with Gasteiger partial charge in [-0.05, 0) is 62.0 Å². The Hall–Kier alpha value is -0.620. The molecule has 0 unspecified atom stereocenters. The summed E-state index contributed by atoms with van der Waals surface area (Å²) in [7, 11) is 0. The summed E-state index contributed by atoms with van der Waals surface area (Å²) >= 11 is 3.42. The van der Waals surface area contributed by atoms with Gasteiger partial charge in [0.1, 0.15) is 5.82 Å². The summed E-state index contributed by atoms with van der Waals surface area (Å²) in [5.41, 5.74) is 1.49. The standard InChI is InChI=1S/C14H16BrF4N.C2H6/c1-9-12(16)3-2-11(15)13(9)10-4-6-20(7-5-10)8-14(17,18)19;1-2/h2-3,10H,4-8H2,1H3;1-2H3. The highest BCUT2D eigenvalue weighted by molar-refractivity contribution is 9.10. The Balaban J connectivity index is 0.00000116. The van der Waals surface area contributed by atoms with Crippen LogP contribution in [-0.2, 0) is 0 Å². The number of halogens is 5. The number of piperidine rings is 1. The molecule has 0 radical (unpaired) electrons. The van der Waals surface area contributed by atoms with Crippen molar-refractivity contribution in [2.45, 2.75) is 45.7 Å². The van der Waals surface area contributed by atoms with Gasteiger partial charge in [0.2, 0.25) is 0 Å². The van der Waals surface area contributed by atoms with E-state index in [2.05, 4.69) is 15.9 Å². The number of hydrogen-bond donors (Lipinski definition) is 0. The number of alkyl halides is 3. The fourth-order valence-electron chi connectivity index (χ4n) is 2.80. The number of nitrogens with zero attached hydrogens (tertiary/aromatic N) is 1. The van der Waals surface area contributed by atoms with Gasteiger partial charge in [0, 0.05) is 4.47 Å². The van der Waals surface area contributed by atoms with E-state index in [0.717, 1.165) is 10.0 Å². The topological polar surface area (TPSA) is 3.24 Å². The predicted molar refractivity (Wildman–Crippen MR) is 84.7 cm³/mol. The van der Waals surface area contributed by atoms with Crippen LogP contribution in [0, 0.1) is 12.7 Å².